The number of aliphatic hydroxyl groups is 7. The molecule has 2 saturated heterocycles. The van der Waals surface area contributed by atoms with Crippen molar-refractivity contribution in [2.75, 3.05) is 19.8 Å². The van der Waals surface area contributed by atoms with Crippen LogP contribution in [0.15, 0.2) is 0 Å². The zero-order valence-corrected chi connectivity index (χ0v) is 18.7. The Morgan fingerprint density at radius 1 is 0.710 bits per heavy atom. The van der Waals surface area contributed by atoms with E-state index in [-0.39, 0.29) is 0 Å². The molecule has 0 bridgehead atoms. The Labute approximate surface area is 187 Å². The van der Waals surface area contributed by atoms with Gasteiger partial charge < -0.3 is 50.0 Å². The summed E-state index contributed by atoms with van der Waals surface area (Å²) in [6, 6.07) is 0. The van der Waals surface area contributed by atoms with Crippen LogP contribution in [-0.4, -0.2) is 115 Å². The van der Waals surface area contributed by atoms with Crippen LogP contribution in [0.4, 0.5) is 0 Å². The minimum Gasteiger partial charge on any atom is -0.394 e. The number of unbranched alkanes of at least 4 members (excludes halogenated alkanes) is 5. The molecule has 0 amide bonds. The average Bonchev–Trinajstić information content (AvgIpc) is 2.77. The van der Waals surface area contributed by atoms with Crippen LogP contribution in [0.1, 0.15) is 45.4 Å². The van der Waals surface area contributed by atoms with Crippen LogP contribution in [0.5, 0.6) is 0 Å². The molecule has 0 aliphatic carbocycles. The van der Waals surface area contributed by atoms with Crippen molar-refractivity contribution in [3.63, 3.8) is 0 Å². The van der Waals surface area contributed by atoms with Crippen molar-refractivity contribution in [1.29, 1.82) is 0 Å². The summed E-state index contributed by atoms with van der Waals surface area (Å²) in [5.74, 6) is 0. The standard InChI is InChI=1S/C20H38O10S/c1-2-3-4-5-6-7-8-28-19-16(26)15(25)18(12(10-22)29-19)31-20-17(27)14(24)13(23)11(9-21)30-20/h11-27H,2-10H2,1H3/t11?,12?,13-,14?,15?,16?,17?,18-,19+,20-/m0/s1. The summed E-state index contributed by atoms with van der Waals surface area (Å²) in [5.41, 5.74) is -1.12. The third-order valence-corrected chi connectivity index (χ3v) is 7.30. The highest BCUT2D eigenvalue weighted by Gasteiger charge is 2.50. The molecular formula is C20H38O10S. The summed E-state index contributed by atoms with van der Waals surface area (Å²) in [6.07, 6.45) is -4.01. The zero-order chi connectivity index (χ0) is 23.0. The molecular weight excluding hydrogens is 432 g/mol. The summed E-state index contributed by atoms with van der Waals surface area (Å²) in [7, 11) is 0. The van der Waals surface area contributed by atoms with Gasteiger partial charge in [-0.2, -0.15) is 0 Å². The van der Waals surface area contributed by atoms with E-state index in [2.05, 4.69) is 6.92 Å². The summed E-state index contributed by atoms with van der Waals surface area (Å²) in [5, 5.41) is 69.3. The van der Waals surface area contributed by atoms with Gasteiger partial charge in [-0.15, -0.1) is 11.8 Å². The van der Waals surface area contributed by atoms with Crippen molar-refractivity contribution in [3.05, 3.63) is 0 Å². The smallest absolute Gasteiger partial charge is 0.186 e. The fraction of sp³-hybridized carbons (Fsp3) is 1.00. The molecule has 2 aliphatic rings. The van der Waals surface area contributed by atoms with Crippen LogP contribution in [0.3, 0.4) is 0 Å². The van der Waals surface area contributed by atoms with Gasteiger partial charge in [0.25, 0.3) is 0 Å². The number of hydrogen-bond acceptors (Lipinski definition) is 11. The summed E-state index contributed by atoms with van der Waals surface area (Å²) in [4.78, 5) is 0. The van der Waals surface area contributed by atoms with Crippen LogP contribution < -0.4 is 0 Å². The zero-order valence-electron chi connectivity index (χ0n) is 17.9. The molecule has 0 aromatic heterocycles. The van der Waals surface area contributed by atoms with E-state index in [0.29, 0.717) is 6.61 Å². The third-order valence-electron chi connectivity index (χ3n) is 5.74. The number of aliphatic hydroxyl groups excluding tert-OH is 7. The second-order valence-corrected chi connectivity index (χ2v) is 9.42. The van der Waals surface area contributed by atoms with E-state index in [1.165, 1.54) is 19.3 Å². The Kier molecular flexibility index (Phi) is 11.9. The largest absolute Gasteiger partial charge is 0.394 e. The Morgan fingerprint density at radius 2 is 1.35 bits per heavy atom. The van der Waals surface area contributed by atoms with Crippen LogP contribution in [0, 0.1) is 0 Å². The molecule has 2 aliphatic heterocycles. The van der Waals surface area contributed by atoms with Gasteiger partial charge in [0.2, 0.25) is 0 Å². The van der Waals surface area contributed by atoms with E-state index in [0.717, 1.165) is 31.0 Å². The molecule has 0 aromatic rings. The topological polar surface area (TPSA) is 169 Å². The number of rotatable bonds is 12. The fourth-order valence-electron chi connectivity index (χ4n) is 3.77. The second kappa shape index (κ2) is 13.6. The first kappa shape index (κ1) is 27.2. The van der Waals surface area contributed by atoms with Crippen molar-refractivity contribution in [2.24, 2.45) is 0 Å². The van der Waals surface area contributed by atoms with Crippen LogP contribution in [0.25, 0.3) is 0 Å². The normalized spacial score (nSPS) is 41.4. The third kappa shape index (κ3) is 7.21. The van der Waals surface area contributed by atoms with Crippen molar-refractivity contribution in [3.8, 4) is 0 Å². The van der Waals surface area contributed by atoms with Gasteiger partial charge in [0, 0.05) is 6.61 Å². The lowest BCUT2D eigenvalue weighted by Crippen LogP contribution is -2.61. The molecule has 0 radical (unpaired) electrons. The molecule has 31 heavy (non-hydrogen) atoms. The molecule has 10 atom stereocenters. The first-order valence-electron chi connectivity index (χ1n) is 11.1. The minimum absolute atomic E-state index is 0.350. The summed E-state index contributed by atoms with van der Waals surface area (Å²) < 4.78 is 16.7. The van der Waals surface area contributed by atoms with Crippen molar-refractivity contribution < 1.29 is 50.0 Å². The van der Waals surface area contributed by atoms with Gasteiger partial charge >= 0.3 is 0 Å². The van der Waals surface area contributed by atoms with E-state index in [4.69, 9.17) is 14.2 Å². The lowest BCUT2D eigenvalue weighted by Gasteiger charge is -2.45. The highest BCUT2D eigenvalue weighted by molar-refractivity contribution is 8.00. The molecule has 7 N–H and O–H groups in total. The molecule has 184 valence electrons. The van der Waals surface area contributed by atoms with Gasteiger partial charge in [-0.05, 0) is 6.42 Å². The first-order chi connectivity index (χ1) is 14.8. The Hall–Kier alpha value is -0.0500. The molecule has 0 saturated carbocycles. The maximum absolute atomic E-state index is 10.6. The highest BCUT2D eigenvalue weighted by atomic mass is 32.2. The van der Waals surface area contributed by atoms with Crippen LogP contribution in [0.2, 0.25) is 0 Å². The van der Waals surface area contributed by atoms with E-state index in [1.54, 1.807) is 0 Å². The molecule has 6 unspecified atom stereocenters. The predicted octanol–water partition coefficient (Wildman–Crippen LogP) is -1.30. The number of hydrogen-bond donors (Lipinski definition) is 7. The van der Waals surface area contributed by atoms with Gasteiger partial charge in [0.15, 0.2) is 6.29 Å². The monoisotopic (exact) mass is 470 g/mol. The fourth-order valence-corrected chi connectivity index (χ4v) is 5.26. The van der Waals surface area contributed by atoms with E-state index >= 15 is 0 Å². The Bertz CT molecular complexity index is 497. The van der Waals surface area contributed by atoms with Gasteiger partial charge in [-0.3, -0.25) is 0 Å². The van der Waals surface area contributed by atoms with E-state index in [1.807, 2.05) is 0 Å². The van der Waals surface area contributed by atoms with Crippen molar-refractivity contribution in [2.45, 2.75) is 105 Å². The quantitative estimate of drug-likeness (QED) is 0.169. The lowest BCUT2D eigenvalue weighted by atomic mass is 10.0. The van der Waals surface area contributed by atoms with Gasteiger partial charge in [-0.25, -0.2) is 0 Å². The van der Waals surface area contributed by atoms with Crippen molar-refractivity contribution in [1.82, 2.24) is 0 Å². The van der Waals surface area contributed by atoms with Gasteiger partial charge in [0.05, 0.1) is 30.7 Å². The van der Waals surface area contributed by atoms with E-state index in [9.17, 15) is 35.7 Å². The minimum atomic E-state index is -1.56. The average molecular weight is 471 g/mol. The van der Waals surface area contributed by atoms with Crippen LogP contribution in [-0.2, 0) is 14.2 Å². The number of thioether (sulfide) groups is 1. The molecule has 2 fully saturated rings. The maximum atomic E-state index is 10.6. The predicted molar refractivity (Wildman–Crippen MR) is 112 cm³/mol. The molecule has 0 aromatic carbocycles. The molecule has 10 nitrogen and oxygen atoms in total. The Balaban J connectivity index is 1.90. The molecule has 0 spiro atoms. The van der Waals surface area contributed by atoms with E-state index < -0.39 is 72.9 Å². The number of ether oxygens (including phenoxy) is 3. The molecule has 11 heteroatoms. The first-order valence-corrected chi connectivity index (χ1v) is 12.0. The van der Waals surface area contributed by atoms with Crippen LogP contribution >= 0.6 is 11.8 Å². The summed E-state index contributed by atoms with van der Waals surface area (Å²) >= 11 is 0.856. The highest BCUT2D eigenvalue weighted by Crippen LogP contribution is 2.37. The second-order valence-electron chi connectivity index (χ2n) is 8.14. The maximum Gasteiger partial charge on any atom is 0.186 e. The van der Waals surface area contributed by atoms with Gasteiger partial charge in [-0.1, -0.05) is 39.0 Å². The van der Waals surface area contributed by atoms with Gasteiger partial charge in [0.1, 0.15) is 36.0 Å². The SMILES string of the molecule is CCCCCCCCO[C@@H]1OC(CO)[C@H](S[C@@H]2OC(CO)[C@H](O)C(O)C2O)C(O)C1O. The molecule has 2 rings (SSSR count). The molecule has 2 heterocycles. The lowest BCUT2D eigenvalue weighted by molar-refractivity contribution is -0.268. The Morgan fingerprint density at radius 3 is 2.00 bits per heavy atom. The summed E-state index contributed by atoms with van der Waals surface area (Å²) in [6.45, 7) is 1.45. The van der Waals surface area contributed by atoms with Crippen molar-refractivity contribution >= 4 is 11.8 Å².